The molecule has 1 saturated heterocycles. The summed E-state index contributed by atoms with van der Waals surface area (Å²) in [4.78, 5) is 27.9. The standard InChI is InChI=1S/C29H34N2O5/c1-18(2)7-8-20-16-22(9-11-25(20)32)28(33)30-24-17-21-10-12-26(19(3)27(21)36-29(24)34)35-15-13-23-6-5-14-31(23)4/h7,9-12,16-17,23,32H,5-6,8,13-15H2,1-4H3,(H,30,33). The highest BCUT2D eigenvalue weighted by atomic mass is 16.5. The number of ether oxygens (including phenoxy) is 1. The number of likely N-dealkylation sites (tertiary alicyclic amines) is 1. The Hall–Kier alpha value is -3.58. The van der Waals surface area contributed by atoms with E-state index in [1.807, 2.05) is 39.0 Å². The maximum Gasteiger partial charge on any atom is 0.360 e. The maximum atomic E-state index is 12.9. The summed E-state index contributed by atoms with van der Waals surface area (Å²) in [7, 11) is 2.15. The van der Waals surface area contributed by atoms with Crippen molar-refractivity contribution in [1.82, 2.24) is 4.90 Å². The number of nitrogens with one attached hydrogen (secondary N) is 1. The number of hydrogen-bond acceptors (Lipinski definition) is 6. The fraction of sp³-hybridized carbons (Fsp3) is 0.379. The number of phenols is 1. The number of aryl methyl sites for hydroxylation is 1. The molecule has 1 fully saturated rings. The molecule has 2 heterocycles. The summed E-state index contributed by atoms with van der Waals surface area (Å²) >= 11 is 0. The fourth-order valence-electron chi connectivity index (χ4n) is 4.60. The Bertz CT molecular complexity index is 1350. The molecule has 4 rings (SSSR count). The van der Waals surface area contributed by atoms with Gasteiger partial charge in [-0.05, 0) is 102 Å². The molecule has 0 radical (unpaired) electrons. The van der Waals surface area contributed by atoms with Gasteiger partial charge in [-0.15, -0.1) is 0 Å². The second-order valence-corrected chi connectivity index (χ2v) is 9.75. The predicted molar refractivity (Wildman–Crippen MR) is 142 cm³/mol. The van der Waals surface area contributed by atoms with E-state index in [-0.39, 0.29) is 11.4 Å². The summed E-state index contributed by atoms with van der Waals surface area (Å²) in [5.74, 6) is 0.364. The van der Waals surface area contributed by atoms with Crippen LogP contribution in [0.15, 0.2) is 57.3 Å². The van der Waals surface area contributed by atoms with Gasteiger partial charge in [0, 0.05) is 22.6 Å². The number of nitrogens with zero attached hydrogens (tertiary/aromatic N) is 1. The van der Waals surface area contributed by atoms with E-state index in [1.54, 1.807) is 12.1 Å². The van der Waals surface area contributed by atoms with Crippen LogP contribution in [0.5, 0.6) is 11.5 Å². The van der Waals surface area contributed by atoms with Crippen molar-refractivity contribution in [3.05, 3.63) is 75.2 Å². The zero-order valence-electron chi connectivity index (χ0n) is 21.4. The van der Waals surface area contributed by atoms with E-state index in [2.05, 4.69) is 17.3 Å². The van der Waals surface area contributed by atoms with Crippen molar-refractivity contribution in [3.8, 4) is 11.5 Å². The Morgan fingerprint density at radius 1 is 1.25 bits per heavy atom. The van der Waals surface area contributed by atoms with Crippen LogP contribution in [0.1, 0.15) is 54.6 Å². The van der Waals surface area contributed by atoms with E-state index in [4.69, 9.17) is 9.15 Å². The van der Waals surface area contributed by atoms with Crippen molar-refractivity contribution >= 4 is 22.6 Å². The van der Waals surface area contributed by atoms with Crippen molar-refractivity contribution in [2.75, 3.05) is 25.5 Å². The van der Waals surface area contributed by atoms with Crippen molar-refractivity contribution in [2.45, 2.75) is 52.5 Å². The van der Waals surface area contributed by atoms with Crippen LogP contribution in [-0.4, -0.2) is 42.2 Å². The summed E-state index contributed by atoms with van der Waals surface area (Å²) in [5, 5.41) is 13.5. The highest BCUT2D eigenvalue weighted by Crippen LogP contribution is 2.29. The number of hydrogen-bond donors (Lipinski definition) is 2. The lowest BCUT2D eigenvalue weighted by atomic mass is 10.0. The fourth-order valence-corrected chi connectivity index (χ4v) is 4.60. The molecule has 1 aliphatic heterocycles. The van der Waals surface area contributed by atoms with Crippen molar-refractivity contribution in [2.24, 2.45) is 0 Å². The van der Waals surface area contributed by atoms with Gasteiger partial charge < -0.3 is 24.5 Å². The molecule has 2 aromatic carbocycles. The molecule has 2 N–H and O–H groups in total. The average Bonchev–Trinajstić information content (AvgIpc) is 3.25. The molecule has 1 amide bonds. The lowest BCUT2D eigenvalue weighted by Gasteiger charge is -2.19. The van der Waals surface area contributed by atoms with Gasteiger partial charge >= 0.3 is 5.63 Å². The maximum absolute atomic E-state index is 12.9. The molecule has 0 bridgehead atoms. The number of anilines is 1. The monoisotopic (exact) mass is 490 g/mol. The van der Waals surface area contributed by atoms with Crippen molar-refractivity contribution in [3.63, 3.8) is 0 Å². The Morgan fingerprint density at radius 3 is 2.78 bits per heavy atom. The predicted octanol–water partition coefficient (Wildman–Crippen LogP) is 5.43. The van der Waals surface area contributed by atoms with Crippen LogP contribution in [0.4, 0.5) is 5.69 Å². The minimum Gasteiger partial charge on any atom is -0.508 e. The van der Waals surface area contributed by atoms with Crippen molar-refractivity contribution < 1.29 is 19.1 Å². The summed E-state index contributed by atoms with van der Waals surface area (Å²) in [6, 6.07) is 10.5. The first-order chi connectivity index (χ1) is 17.2. The lowest BCUT2D eigenvalue weighted by molar-refractivity contribution is 0.102. The number of allylic oxidation sites excluding steroid dienone is 2. The van der Waals surface area contributed by atoms with Crippen molar-refractivity contribution in [1.29, 1.82) is 0 Å². The lowest BCUT2D eigenvalue weighted by Crippen LogP contribution is -2.26. The van der Waals surface area contributed by atoms with Crippen LogP contribution in [-0.2, 0) is 6.42 Å². The topological polar surface area (TPSA) is 92.0 Å². The third kappa shape index (κ3) is 5.79. The SMILES string of the molecule is CC(C)=CCc1cc(C(=O)Nc2cc3ccc(OCCC4CCCN4C)c(C)c3oc2=O)ccc1O. The summed E-state index contributed by atoms with van der Waals surface area (Å²) in [6.07, 6.45) is 5.86. The highest BCUT2D eigenvalue weighted by molar-refractivity contribution is 6.05. The zero-order chi connectivity index (χ0) is 25.8. The summed E-state index contributed by atoms with van der Waals surface area (Å²) < 4.78 is 11.6. The van der Waals surface area contributed by atoms with Gasteiger partial charge in [-0.2, -0.15) is 0 Å². The van der Waals surface area contributed by atoms with E-state index in [1.165, 1.54) is 25.0 Å². The Balaban J connectivity index is 1.49. The normalized spacial score (nSPS) is 15.7. The molecule has 0 spiro atoms. The number of rotatable bonds is 8. The summed E-state index contributed by atoms with van der Waals surface area (Å²) in [5.41, 5.74) is 2.72. The highest BCUT2D eigenvalue weighted by Gasteiger charge is 2.21. The van der Waals surface area contributed by atoms with Crippen LogP contribution < -0.4 is 15.7 Å². The van der Waals surface area contributed by atoms with Crippen LogP contribution in [0.25, 0.3) is 11.0 Å². The molecule has 1 atom stereocenters. The second-order valence-electron chi connectivity index (χ2n) is 9.75. The first kappa shape index (κ1) is 25.5. The van der Waals surface area contributed by atoms with E-state index < -0.39 is 11.5 Å². The van der Waals surface area contributed by atoms with Gasteiger partial charge in [0.05, 0.1) is 6.61 Å². The Kier molecular flexibility index (Phi) is 7.79. The third-order valence-corrected chi connectivity index (χ3v) is 6.80. The Labute approximate surface area is 211 Å². The van der Waals surface area contributed by atoms with Crippen LogP contribution in [0.2, 0.25) is 0 Å². The average molecular weight is 491 g/mol. The zero-order valence-corrected chi connectivity index (χ0v) is 21.4. The van der Waals surface area contributed by atoms with Gasteiger partial charge in [-0.25, -0.2) is 4.79 Å². The third-order valence-electron chi connectivity index (χ3n) is 6.80. The molecule has 0 saturated carbocycles. The number of carbonyl (C=O) groups is 1. The van der Waals surface area contributed by atoms with E-state index >= 15 is 0 Å². The van der Waals surface area contributed by atoms with Gasteiger partial charge in [-0.1, -0.05) is 11.6 Å². The number of phenolic OH excluding ortho intramolecular Hbond substituents is 1. The number of carbonyl (C=O) groups excluding carboxylic acids is 1. The largest absolute Gasteiger partial charge is 0.508 e. The van der Waals surface area contributed by atoms with Crippen LogP contribution >= 0.6 is 0 Å². The first-order valence-electron chi connectivity index (χ1n) is 12.4. The van der Waals surface area contributed by atoms with E-state index in [0.717, 1.165) is 24.1 Å². The number of aromatic hydroxyl groups is 1. The van der Waals surface area contributed by atoms with Gasteiger partial charge in [0.15, 0.2) is 0 Å². The van der Waals surface area contributed by atoms with Gasteiger partial charge in [0.1, 0.15) is 22.8 Å². The molecule has 7 nitrogen and oxygen atoms in total. The van der Waals surface area contributed by atoms with E-state index in [0.29, 0.717) is 46.9 Å². The molecule has 1 unspecified atom stereocenters. The van der Waals surface area contributed by atoms with E-state index in [9.17, 15) is 14.7 Å². The number of fused-ring (bicyclic) bond motifs is 1. The first-order valence-corrected chi connectivity index (χ1v) is 12.4. The van der Waals surface area contributed by atoms with Crippen LogP contribution in [0.3, 0.4) is 0 Å². The molecule has 3 aromatic rings. The molecule has 190 valence electrons. The molecule has 1 aliphatic rings. The number of amides is 1. The molecular formula is C29H34N2O5. The molecular weight excluding hydrogens is 456 g/mol. The smallest absolute Gasteiger partial charge is 0.360 e. The Morgan fingerprint density at radius 2 is 2.06 bits per heavy atom. The van der Waals surface area contributed by atoms with Gasteiger partial charge in [0.2, 0.25) is 0 Å². The number of benzene rings is 2. The molecule has 36 heavy (non-hydrogen) atoms. The minimum atomic E-state index is -0.632. The molecule has 1 aromatic heterocycles. The molecule has 0 aliphatic carbocycles. The minimum absolute atomic E-state index is 0.0590. The quantitative estimate of drug-likeness (QED) is 0.323. The van der Waals surface area contributed by atoms with Crippen LogP contribution in [0, 0.1) is 6.92 Å². The van der Waals surface area contributed by atoms with Gasteiger partial charge in [-0.3, -0.25) is 4.79 Å². The molecule has 7 heteroatoms. The van der Waals surface area contributed by atoms with Gasteiger partial charge in [0.25, 0.3) is 5.91 Å². The summed E-state index contributed by atoms with van der Waals surface area (Å²) in [6.45, 7) is 7.54. The second kappa shape index (κ2) is 11.0.